The topological polar surface area (TPSA) is 12.5 Å². The molecule has 1 fully saturated rings. The van der Waals surface area contributed by atoms with E-state index in [1.807, 2.05) is 0 Å². The first-order valence-electron chi connectivity index (χ1n) is 4.01. The second-order valence-electron chi connectivity index (χ2n) is 2.90. The van der Waals surface area contributed by atoms with E-state index in [4.69, 9.17) is 4.74 Å². The highest BCUT2D eigenvalue weighted by atomic mass is 19.4. The van der Waals surface area contributed by atoms with Gasteiger partial charge in [-0.05, 0) is 0 Å². The van der Waals surface area contributed by atoms with Crippen LogP contribution in [0.4, 0.5) is 17.6 Å². The van der Waals surface area contributed by atoms with Crippen LogP contribution in [0.25, 0.3) is 0 Å². The van der Waals surface area contributed by atoms with Crippen molar-refractivity contribution in [2.45, 2.75) is 18.9 Å². The van der Waals surface area contributed by atoms with Crippen molar-refractivity contribution in [3.63, 3.8) is 0 Å². The second-order valence-corrected chi connectivity index (χ2v) is 2.90. The van der Waals surface area contributed by atoms with E-state index >= 15 is 0 Å². The van der Waals surface area contributed by atoms with Gasteiger partial charge in [0.2, 0.25) is 0 Å². The summed E-state index contributed by atoms with van der Waals surface area (Å²) in [5.41, 5.74) is 0. The Morgan fingerprint density at radius 3 is 2.23 bits per heavy atom. The van der Waals surface area contributed by atoms with Crippen LogP contribution in [0.5, 0.6) is 0 Å². The third kappa shape index (κ3) is 3.91. The van der Waals surface area contributed by atoms with Gasteiger partial charge in [-0.25, -0.2) is 4.39 Å². The number of halogens is 4. The fourth-order valence-corrected chi connectivity index (χ4v) is 1.18. The molecule has 1 saturated heterocycles. The molecule has 1 heterocycles. The Balaban J connectivity index is 2.33. The molecule has 0 aromatic carbocycles. The van der Waals surface area contributed by atoms with Crippen LogP contribution in [-0.2, 0) is 4.74 Å². The molecule has 0 aromatic rings. The first-order chi connectivity index (χ1) is 5.99. The fraction of sp³-hybridized carbons (Fsp3) is 1.00. The Morgan fingerprint density at radius 1 is 1.23 bits per heavy atom. The van der Waals surface area contributed by atoms with Gasteiger partial charge in [0.15, 0.2) is 6.30 Å². The monoisotopic (exact) mass is 201 g/mol. The van der Waals surface area contributed by atoms with Crippen LogP contribution < -0.4 is 0 Å². The van der Waals surface area contributed by atoms with Gasteiger partial charge in [0.05, 0.1) is 19.6 Å². The van der Waals surface area contributed by atoms with E-state index in [1.165, 1.54) is 0 Å². The van der Waals surface area contributed by atoms with Crippen LogP contribution in [-0.4, -0.2) is 43.7 Å². The molecule has 0 bridgehead atoms. The normalized spacial score (nSPS) is 23.1. The van der Waals surface area contributed by atoms with Crippen LogP contribution in [0.15, 0.2) is 0 Å². The van der Waals surface area contributed by atoms with Crippen LogP contribution in [0.1, 0.15) is 6.42 Å². The van der Waals surface area contributed by atoms with E-state index in [0.29, 0.717) is 13.2 Å². The maximum atomic E-state index is 12.9. The highest BCUT2D eigenvalue weighted by molar-refractivity contribution is 4.68. The molecule has 1 unspecified atom stereocenters. The molecular weight excluding hydrogens is 190 g/mol. The van der Waals surface area contributed by atoms with Gasteiger partial charge in [-0.2, -0.15) is 13.2 Å². The minimum atomic E-state index is -4.43. The Kier molecular flexibility index (Phi) is 3.49. The van der Waals surface area contributed by atoms with Gasteiger partial charge in [-0.1, -0.05) is 0 Å². The number of rotatable bonds is 2. The van der Waals surface area contributed by atoms with Gasteiger partial charge in [0.1, 0.15) is 0 Å². The minimum Gasteiger partial charge on any atom is -0.379 e. The molecule has 0 radical (unpaired) electrons. The zero-order chi connectivity index (χ0) is 9.90. The van der Waals surface area contributed by atoms with E-state index < -0.39 is 18.9 Å². The average molecular weight is 201 g/mol. The van der Waals surface area contributed by atoms with Gasteiger partial charge in [-0.15, -0.1) is 0 Å². The molecule has 1 rings (SSSR count). The highest BCUT2D eigenvalue weighted by Crippen LogP contribution is 2.24. The summed E-state index contributed by atoms with van der Waals surface area (Å²) in [5, 5.41) is 0. The van der Waals surface area contributed by atoms with E-state index in [-0.39, 0.29) is 13.1 Å². The van der Waals surface area contributed by atoms with Crippen molar-refractivity contribution in [1.29, 1.82) is 0 Å². The predicted molar refractivity (Wildman–Crippen MR) is 38.0 cm³/mol. The summed E-state index contributed by atoms with van der Waals surface area (Å²) >= 11 is 0. The summed E-state index contributed by atoms with van der Waals surface area (Å²) in [6.07, 6.45) is -7.76. The lowest BCUT2D eigenvalue weighted by Crippen LogP contribution is -2.43. The summed E-state index contributed by atoms with van der Waals surface area (Å²) in [7, 11) is 0. The summed E-state index contributed by atoms with van der Waals surface area (Å²) in [6, 6.07) is 0. The number of morpholine rings is 1. The van der Waals surface area contributed by atoms with E-state index in [2.05, 4.69) is 0 Å². The van der Waals surface area contributed by atoms with Crippen LogP contribution in [0.2, 0.25) is 0 Å². The number of hydrogen-bond acceptors (Lipinski definition) is 2. The molecular formula is C7H11F4NO. The quantitative estimate of drug-likeness (QED) is 0.496. The van der Waals surface area contributed by atoms with Gasteiger partial charge in [0.25, 0.3) is 0 Å². The average Bonchev–Trinajstić information content (AvgIpc) is 2.03. The lowest BCUT2D eigenvalue weighted by Gasteiger charge is -2.29. The SMILES string of the molecule is FC(CC(F)(F)F)N1CCOCC1. The Hall–Kier alpha value is -0.360. The molecule has 13 heavy (non-hydrogen) atoms. The molecule has 1 aliphatic heterocycles. The molecule has 1 aliphatic rings. The van der Waals surface area contributed by atoms with E-state index in [9.17, 15) is 17.6 Å². The Bertz CT molecular complexity index is 155. The van der Waals surface area contributed by atoms with Crippen molar-refractivity contribution < 1.29 is 22.3 Å². The van der Waals surface area contributed by atoms with Crippen molar-refractivity contribution in [3.8, 4) is 0 Å². The standard InChI is InChI=1S/C7H11F4NO/c8-6(5-7(9,10)11)12-1-3-13-4-2-12/h6H,1-5H2. The maximum Gasteiger partial charge on any atom is 0.393 e. The minimum absolute atomic E-state index is 0.233. The summed E-state index contributed by atoms with van der Waals surface area (Å²) in [6.45, 7) is 1.07. The molecule has 0 spiro atoms. The van der Waals surface area contributed by atoms with Crippen LogP contribution in [0, 0.1) is 0 Å². The predicted octanol–water partition coefficient (Wildman–Crippen LogP) is 1.57. The third-order valence-electron chi connectivity index (χ3n) is 1.84. The van der Waals surface area contributed by atoms with Crippen LogP contribution in [0.3, 0.4) is 0 Å². The number of nitrogens with zero attached hydrogens (tertiary/aromatic N) is 1. The third-order valence-corrected chi connectivity index (χ3v) is 1.84. The van der Waals surface area contributed by atoms with Gasteiger partial charge < -0.3 is 4.74 Å². The van der Waals surface area contributed by atoms with Gasteiger partial charge >= 0.3 is 6.18 Å². The zero-order valence-electron chi connectivity index (χ0n) is 6.98. The molecule has 78 valence electrons. The van der Waals surface area contributed by atoms with Crippen LogP contribution >= 0.6 is 0 Å². The first-order valence-corrected chi connectivity index (χ1v) is 4.01. The van der Waals surface area contributed by atoms with Crippen molar-refractivity contribution in [2.75, 3.05) is 26.3 Å². The van der Waals surface area contributed by atoms with Crippen molar-refractivity contribution in [3.05, 3.63) is 0 Å². The molecule has 0 aromatic heterocycles. The summed E-state index contributed by atoms with van der Waals surface area (Å²) < 4.78 is 53.1. The first kappa shape index (κ1) is 10.7. The van der Waals surface area contributed by atoms with Crippen molar-refractivity contribution >= 4 is 0 Å². The van der Waals surface area contributed by atoms with E-state index in [0.717, 1.165) is 4.90 Å². The number of alkyl halides is 4. The van der Waals surface area contributed by atoms with Crippen molar-refractivity contribution in [1.82, 2.24) is 4.90 Å². The Labute approximate surface area is 73.5 Å². The summed E-state index contributed by atoms with van der Waals surface area (Å²) in [4.78, 5) is 1.15. The molecule has 6 heteroatoms. The lowest BCUT2D eigenvalue weighted by molar-refractivity contribution is -0.166. The number of ether oxygens (including phenoxy) is 1. The largest absolute Gasteiger partial charge is 0.393 e. The van der Waals surface area contributed by atoms with Crippen molar-refractivity contribution in [2.24, 2.45) is 0 Å². The highest BCUT2D eigenvalue weighted by Gasteiger charge is 2.35. The van der Waals surface area contributed by atoms with E-state index in [1.54, 1.807) is 0 Å². The lowest BCUT2D eigenvalue weighted by atomic mass is 10.3. The summed E-state index contributed by atoms with van der Waals surface area (Å²) in [5.74, 6) is 0. The smallest absolute Gasteiger partial charge is 0.379 e. The molecule has 0 aliphatic carbocycles. The Morgan fingerprint density at radius 2 is 1.77 bits per heavy atom. The van der Waals surface area contributed by atoms with Gasteiger partial charge in [-0.3, -0.25) is 4.90 Å². The molecule has 0 N–H and O–H groups in total. The maximum absolute atomic E-state index is 12.9. The number of hydrogen-bond donors (Lipinski definition) is 0. The molecule has 2 nitrogen and oxygen atoms in total. The van der Waals surface area contributed by atoms with Gasteiger partial charge in [0, 0.05) is 13.1 Å². The second kappa shape index (κ2) is 4.23. The zero-order valence-corrected chi connectivity index (χ0v) is 6.98. The molecule has 1 atom stereocenters. The molecule has 0 saturated carbocycles. The fourth-order valence-electron chi connectivity index (χ4n) is 1.18. The molecule has 0 amide bonds.